The summed E-state index contributed by atoms with van der Waals surface area (Å²) in [5, 5.41) is 10.4. The van der Waals surface area contributed by atoms with E-state index in [9.17, 15) is 0 Å². The molecule has 0 bridgehead atoms. The first-order chi connectivity index (χ1) is 21.3. The fraction of sp³-hybridized carbons (Fsp3) is 0. The number of thiophene rings is 1. The average molecular weight is 563 g/mol. The molecule has 8 aromatic carbocycles. The molecule has 0 nitrogen and oxygen atoms in total. The van der Waals surface area contributed by atoms with Crippen molar-refractivity contribution in [3.63, 3.8) is 0 Å². The van der Waals surface area contributed by atoms with Gasteiger partial charge < -0.3 is 0 Å². The van der Waals surface area contributed by atoms with Gasteiger partial charge in [0, 0.05) is 20.2 Å². The maximum absolute atomic E-state index is 2.37. The van der Waals surface area contributed by atoms with Crippen LogP contribution in [0.4, 0.5) is 0 Å². The third-order valence-electron chi connectivity index (χ3n) is 8.82. The smallest absolute Gasteiger partial charge is 0.0361 e. The second kappa shape index (κ2) is 9.66. The minimum Gasteiger partial charge on any atom is -0.135 e. The average Bonchev–Trinajstić information content (AvgIpc) is 3.43. The Labute approximate surface area is 254 Å². The van der Waals surface area contributed by atoms with Gasteiger partial charge in [0.25, 0.3) is 0 Å². The van der Waals surface area contributed by atoms with Crippen molar-refractivity contribution < 1.29 is 0 Å². The Bertz CT molecular complexity index is 2440. The van der Waals surface area contributed by atoms with Crippen molar-refractivity contribution >= 4 is 63.8 Å². The molecule has 0 N–H and O–H groups in total. The molecule has 0 saturated heterocycles. The number of rotatable bonds is 3. The van der Waals surface area contributed by atoms with Crippen molar-refractivity contribution in [3.05, 3.63) is 158 Å². The number of benzene rings is 8. The van der Waals surface area contributed by atoms with Crippen LogP contribution in [0.5, 0.6) is 0 Å². The van der Waals surface area contributed by atoms with E-state index in [0.29, 0.717) is 0 Å². The molecule has 0 spiro atoms. The zero-order valence-electron chi connectivity index (χ0n) is 23.4. The molecule has 9 rings (SSSR count). The summed E-state index contributed by atoms with van der Waals surface area (Å²) in [7, 11) is 0. The van der Waals surface area contributed by atoms with Crippen LogP contribution in [0.25, 0.3) is 85.9 Å². The van der Waals surface area contributed by atoms with E-state index in [0.717, 1.165) is 0 Å². The van der Waals surface area contributed by atoms with E-state index in [1.165, 1.54) is 85.9 Å². The van der Waals surface area contributed by atoms with Crippen LogP contribution in [0.3, 0.4) is 0 Å². The Balaban J connectivity index is 1.24. The topological polar surface area (TPSA) is 0 Å². The van der Waals surface area contributed by atoms with E-state index in [-0.39, 0.29) is 0 Å². The molecule has 0 radical (unpaired) electrons. The van der Waals surface area contributed by atoms with E-state index in [1.54, 1.807) is 0 Å². The first-order valence-electron chi connectivity index (χ1n) is 14.8. The van der Waals surface area contributed by atoms with Crippen molar-refractivity contribution in [2.45, 2.75) is 0 Å². The molecule has 0 fully saturated rings. The lowest BCUT2D eigenvalue weighted by atomic mass is 9.85. The molecule has 0 atom stereocenters. The Kier molecular flexibility index (Phi) is 5.47. The van der Waals surface area contributed by atoms with Crippen molar-refractivity contribution in [2.75, 3.05) is 0 Å². The van der Waals surface area contributed by atoms with E-state index in [2.05, 4.69) is 158 Å². The first kappa shape index (κ1) is 24.4. The van der Waals surface area contributed by atoms with Crippen LogP contribution < -0.4 is 0 Å². The third kappa shape index (κ3) is 3.90. The van der Waals surface area contributed by atoms with Gasteiger partial charge in [0.2, 0.25) is 0 Å². The van der Waals surface area contributed by atoms with Crippen LogP contribution in [0, 0.1) is 0 Å². The minimum absolute atomic E-state index is 1.24. The Morgan fingerprint density at radius 2 is 0.791 bits per heavy atom. The molecule has 0 aliphatic rings. The van der Waals surface area contributed by atoms with Gasteiger partial charge in [-0.25, -0.2) is 0 Å². The summed E-state index contributed by atoms with van der Waals surface area (Å²) in [6.45, 7) is 0. The SMILES string of the molecule is c1ccc(-c2c3ccccc3c(-c3cccc(-c4ccc5c(c4)sc4cc6ccccc6cc45)c3)c3ccccc23)cc1. The quantitative estimate of drug-likeness (QED) is 0.188. The Hall–Kier alpha value is -5.24. The molecular weight excluding hydrogens is 537 g/mol. The highest BCUT2D eigenvalue weighted by atomic mass is 32.1. The summed E-state index contributed by atoms with van der Waals surface area (Å²) in [6.07, 6.45) is 0. The van der Waals surface area contributed by atoms with Crippen molar-refractivity contribution in [1.82, 2.24) is 0 Å². The molecule has 1 heterocycles. The first-order valence-corrected chi connectivity index (χ1v) is 15.6. The summed E-state index contributed by atoms with van der Waals surface area (Å²) in [6, 6.07) is 58.0. The van der Waals surface area contributed by atoms with Gasteiger partial charge in [-0.3, -0.25) is 0 Å². The second-order valence-corrected chi connectivity index (χ2v) is 12.4. The summed E-state index contributed by atoms with van der Waals surface area (Å²) in [5.41, 5.74) is 7.58. The van der Waals surface area contributed by atoms with E-state index in [1.807, 2.05) is 11.3 Å². The largest absolute Gasteiger partial charge is 0.135 e. The number of hydrogen-bond acceptors (Lipinski definition) is 1. The monoisotopic (exact) mass is 562 g/mol. The van der Waals surface area contributed by atoms with Gasteiger partial charge in [-0.1, -0.05) is 133 Å². The van der Waals surface area contributed by atoms with Crippen molar-refractivity contribution in [1.29, 1.82) is 0 Å². The predicted molar refractivity (Wildman–Crippen MR) is 188 cm³/mol. The van der Waals surface area contributed by atoms with Crippen molar-refractivity contribution in [2.24, 2.45) is 0 Å². The summed E-state index contributed by atoms with van der Waals surface area (Å²) >= 11 is 1.89. The zero-order valence-corrected chi connectivity index (χ0v) is 24.2. The summed E-state index contributed by atoms with van der Waals surface area (Å²) < 4.78 is 2.67. The predicted octanol–water partition coefficient (Wildman–Crippen LogP) is 12.5. The maximum Gasteiger partial charge on any atom is 0.0361 e. The molecule has 200 valence electrons. The summed E-state index contributed by atoms with van der Waals surface area (Å²) in [5.74, 6) is 0. The molecule has 0 amide bonds. The lowest BCUT2D eigenvalue weighted by molar-refractivity contribution is 1.63. The van der Waals surface area contributed by atoms with Gasteiger partial charge in [0.05, 0.1) is 0 Å². The summed E-state index contributed by atoms with van der Waals surface area (Å²) in [4.78, 5) is 0. The lowest BCUT2D eigenvalue weighted by Crippen LogP contribution is -1.91. The van der Waals surface area contributed by atoms with Crippen LogP contribution in [0.1, 0.15) is 0 Å². The second-order valence-electron chi connectivity index (χ2n) is 11.3. The highest BCUT2D eigenvalue weighted by Crippen LogP contribution is 2.44. The van der Waals surface area contributed by atoms with Gasteiger partial charge in [0.1, 0.15) is 0 Å². The van der Waals surface area contributed by atoms with Crippen LogP contribution >= 0.6 is 11.3 Å². The van der Waals surface area contributed by atoms with Crippen LogP contribution in [-0.2, 0) is 0 Å². The van der Waals surface area contributed by atoms with Gasteiger partial charge in [-0.2, -0.15) is 0 Å². The van der Waals surface area contributed by atoms with Gasteiger partial charge in [-0.05, 0) is 90.0 Å². The van der Waals surface area contributed by atoms with E-state index in [4.69, 9.17) is 0 Å². The fourth-order valence-electron chi connectivity index (χ4n) is 6.85. The van der Waals surface area contributed by atoms with Gasteiger partial charge in [-0.15, -0.1) is 11.3 Å². The molecular formula is C42H26S. The van der Waals surface area contributed by atoms with Crippen LogP contribution in [0.2, 0.25) is 0 Å². The molecule has 0 aliphatic heterocycles. The molecule has 9 aromatic rings. The lowest BCUT2D eigenvalue weighted by Gasteiger charge is -2.18. The Morgan fingerprint density at radius 3 is 1.49 bits per heavy atom. The number of fused-ring (bicyclic) bond motifs is 6. The number of hydrogen-bond donors (Lipinski definition) is 0. The highest BCUT2D eigenvalue weighted by molar-refractivity contribution is 7.25. The van der Waals surface area contributed by atoms with Gasteiger partial charge in [0.15, 0.2) is 0 Å². The minimum atomic E-state index is 1.24. The zero-order chi connectivity index (χ0) is 28.3. The molecule has 0 saturated carbocycles. The van der Waals surface area contributed by atoms with E-state index < -0.39 is 0 Å². The molecule has 43 heavy (non-hydrogen) atoms. The highest BCUT2D eigenvalue weighted by Gasteiger charge is 2.17. The fourth-order valence-corrected chi connectivity index (χ4v) is 8.03. The van der Waals surface area contributed by atoms with Gasteiger partial charge >= 0.3 is 0 Å². The Morgan fingerprint density at radius 1 is 0.279 bits per heavy atom. The van der Waals surface area contributed by atoms with E-state index >= 15 is 0 Å². The maximum atomic E-state index is 2.37. The van der Waals surface area contributed by atoms with Crippen LogP contribution in [-0.4, -0.2) is 0 Å². The molecule has 1 aromatic heterocycles. The molecule has 1 heteroatoms. The van der Waals surface area contributed by atoms with Crippen LogP contribution in [0.15, 0.2) is 158 Å². The van der Waals surface area contributed by atoms with Crippen molar-refractivity contribution in [3.8, 4) is 33.4 Å². The third-order valence-corrected chi connectivity index (χ3v) is 9.93. The molecule has 0 unspecified atom stereocenters. The normalized spacial score (nSPS) is 11.7. The standard InChI is InChI=1S/C42H26S/c1-2-11-27(12-3-1)41-34-17-6-8-19-36(34)42(37-20-9-7-18-35(37)41)32-16-10-15-28(23-32)31-21-22-33-38-24-29-13-4-5-14-30(29)25-40(38)43-39(33)26-31/h1-26H. The molecule has 0 aliphatic carbocycles.